The van der Waals surface area contributed by atoms with Crippen LogP contribution in [0.15, 0.2) is 0 Å². The molecular weight excluding hydrogens is 432 g/mol. The molecule has 20 aliphatic carbocycles. The van der Waals surface area contributed by atoms with Gasteiger partial charge < -0.3 is 0 Å². The van der Waals surface area contributed by atoms with Crippen LogP contribution < -0.4 is 0 Å². The molecule has 36 heavy (non-hydrogen) atoms. The Hall–Kier alpha value is 0. The molecule has 20 saturated carbocycles. The normalized spacial score (nSPS) is 113. The highest BCUT2D eigenvalue weighted by atomic mass is 15.4. The average Bonchev–Trinajstić information content (AvgIpc) is 2.81. The zero-order valence-corrected chi connectivity index (χ0v) is 21.2. The van der Waals surface area contributed by atoms with Crippen molar-refractivity contribution < 1.29 is 0 Å². The molecule has 0 aliphatic heterocycles. The van der Waals surface area contributed by atoms with Gasteiger partial charge in [-0.1, -0.05) is 0 Å². The highest BCUT2D eigenvalue weighted by Gasteiger charge is 3.36. The van der Waals surface area contributed by atoms with Crippen molar-refractivity contribution in [2.45, 2.75) is 64.2 Å². The summed E-state index contributed by atoms with van der Waals surface area (Å²) in [7, 11) is 0. The standard InChI is InChI=1S/C36H34/c1-11-3-17-21-22-18-4-12-2-14-16-6-20-24-23-19-5-15-13(1)27-7-25(11,17)29(21)9-31(27)32-10-30(22,29)26(12,18)8-28(14,32)34(16,20)36(24,32)35(23,31)33(15,19)27/h11-24H,1-10H2. The molecule has 26 atom stereocenters. The van der Waals surface area contributed by atoms with E-state index in [4.69, 9.17) is 0 Å². The van der Waals surface area contributed by atoms with Crippen LogP contribution in [-0.4, -0.2) is 0 Å². The van der Waals surface area contributed by atoms with Gasteiger partial charge in [-0.15, -0.1) is 0 Å². The SMILES string of the molecule is C1C2CC3C4CC5C6C7C8CC9C%10CC%11CC%12C%13C%14C1C21CC32C45C63C24CC%141C%131CC42C%10(CC%11%121)C98C723. The first-order valence-electron chi connectivity index (χ1n) is 17.7. The van der Waals surface area contributed by atoms with Gasteiger partial charge in [-0.05, 0) is 212 Å². The first kappa shape index (κ1) is 14.6. The molecule has 0 amide bonds. The number of hydrogen-bond acceptors (Lipinski definition) is 0. The van der Waals surface area contributed by atoms with E-state index >= 15 is 0 Å². The van der Waals surface area contributed by atoms with Crippen molar-refractivity contribution in [1.82, 2.24) is 0 Å². The summed E-state index contributed by atoms with van der Waals surface area (Å²) in [6.07, 6.45) is 18.4. The Bertz CT molecular complexity index is 1470. The van der Waals surface area contributed by atoms with Crippen molar-refractivity contribution in [3.05, 3.63) is 0 Å². The molecule has 26 unspecified atom stereocenters. The maximum absolute atomic E-state index is 1.96. The molecule has 8 bridgehead atoms. The lowest BCUT2D eigenvalue weighted by molar-refractivity contribution is -0.911. The van der Waals surface area contributed by atoms with Crippen molar-refractivity contribution in [2.75, 3.05) is 0 Å². The third-order valence-corrected chi connectivity index (χ3v) is 26.9. The lowest BCUT2D eigenvalue weighted by atomic mass is 8.66. The largest absolute Gasteiger partial charge is 0.0462 e. The van der Waals surface area contributed by atoms with E-state index in [-0.39, 0.29) is 0 Å². The van der Waals surface area contributed by atoms with Crippen LogP contribution in [0.3, 0.4) is 0 Å². The third kappa shape index (κ3) is 0.469. The smallest absolute Gasteiger partial charge is 0.00569 e. The van der Waals surface area contributed by atoms with Gasteiger partial charge in [0, 0.05) is 0 Å². The molecule has 0 heteroatoms. The summed E-state index contributed by atoms with van der Waals surface area (Å²) in [6.45, 7) is 0. The van der Waals surface area contributed by atoms with Crippen molar-refractivity contribution in [3.63, 3.8) is 0 Å². The molecule has 0 aromatic carbocycles. The number of rotatable bonds is 0. The van der Waals surface area contributed by atoms with Crippen molar-refractivity contribution >= 4 is 0 Å². The molecular formula is C36H34. The average molecular weight is 467 g/mol. The fraction of sp³-hybridized carbons (Fsp3) is 1.00. The minimum Gasteiger partial charge on any atom is -0.0462 e. The van der Waals surface area contributed by atoms with Gasteiger partial charge in [0.15, 0.2) is 0 Å². The molecule has 0 aromatic rings. The van der Waals surface area contributed by atoms with Crippen LogP contribution in [0.1, 0.15) is 64.2 Å². The Labute approximate surface area is 211 Å². The van der Waals surface area contributed by atoms with Gasteiger partial charge in [0.25, 0.3) is 0 Å². The molecule has 20 fully saturated rings. The highest BCUT2D eigenvalue weighted by molar-refractivity contribution is 5.81. The maximum Gasteiger partial charge on any atom is -0.00569 e. The zero-order valence-electron chi connectivity index (χ0n) is 21.2. The van der Waals surface area contributed by atoms with Gasteiger partial charge in [0.1, 0.15) is 0 Å². The Morgan fingerprint density at radius 3 is 1.33 bits per heavy atom. The monoisotopic (exact) mass is 466 g/mol. The van der Waals surface area contributed by atoms with Crippen LogP contribution in [0.2, 0.25) is 0 Å². The van der Waals surface area contributed by atoms with Crippen LogP contribution in [0.4, 0.5) is 0 Å². The summed E-state index contributed by atoms with van der Waals surface area (Å²) >= 11 is 0. The van der Waals surface area contributed by atoms with Crippen LogP contribution in [0.25, 0.3) is 0 Å². The summed E-state index contributed by atoms with van der Waals surface area (Å²) in [5.74, 6) is 18.2. The summed E-state index contributed by atoms with van der Waals surface area (Å²) in [5.41, 5.74) is 12.0. The zero-order chi connectivity index (χ0) is 21.2. The first-order chi connectivity index (χ1) is 17.7. The van der Waals surface area contributed by atoms with E-state index in [1.54, 1.807) is 25.7 Å². The van der Waals surface area contributed by atoms with Gasteiger partial charge in [0.2, 0.25) is 0 Å². The predicted molar refractivity (Wildman–Crippen MR) is 124 cm³/mol. The molecule has 0 radical (unpaired) electrons. The van der Waals surface area contributed by atoms with E-state index in [0.717, 1.165) is 65.0 Å². The Kier molecular flexibility index (Phi) is 1.07. The van der Waals surface area contributed by atoms with Gasteiger partial charge in [-0.2, -0.15) is 0 Å². The number of hydrogen-bond donors (Lipinski definition) is 0. The summed E-state index contributed by atoms with van der Waals surface area (Å²) in [5, 5.41) is 0. The van der Waals surface area contributed by atoms with E-state index in [2.05, 4.69) is 0 Å². The van der Waals surface area contributed by atoms with Crippen LogP contribution in [0, 0.1) is 148 Å². The quantitative estimate of drug-likeness (QED) is 0.434. The van der Waals surface area contributed by atoms with E-state index in [0.29, 0.717) is 0 Å². The van der Waals surface area contributed by atoms with E-state index in [1.165, 1.54) is 82.9 Å². The fourth-order valence-corrected chi connectivity index (χ4v) is 30.8. The van der Waals surface area contributed by atoms with Gasteiger partial charge in [-0.3, -0.25) is 0 Å². The third-order valence-electron chi connectivity index (χ3n) is 26.9. The second-order valence-corrected chi connectivity index (χ2v) is 21.6. The van der Waals surface area contributed by atoms with Gasteiger partial charge in [0.05, 0.1) is 0 Å². The van der Waals surface area contributed by atoms with Crippen molar-refractivity contribution in [1.29, 1.82) is 0 Å². The predicted octanol–water partition coefficient (Wildman–Crippen LogP) is 5.62. The molecule has 178 valence electrons. The minimum atomic E-state index is 0.972. The highest BCUT2D eigenvalue weighted by Crippen LogP contribution is 3.39. The molecule has 0 N–H and O–H groups in total. The second kappa shape index (κ2) is 2.63. The topological polar surface area (TPSA) is 0 Å². The maximum atomic E-state index is 1.96. The number of fused-ring (bicyclic) bond motifs is 8. The summed E-state index contributed by atoms with van der Waals surface area (Å²) in [6, 6.07) is 0. The Morgan fingerprint density at radius 1 is 0.361 bits per heavy atom. The van der Waals surface area contributed by atoms with E-state index < -0.39 is 0 Å². The fourth-order valence-electron chi connectivity index (χ4n) is 30.8. The lowest BCUT2D eigenvalue weighted by Gasteiger charge is -3.37. The van der Waals surface area contributed by atoms with Crippen LogP contribution in [0.5, 0.6) is 0 Å². The lowest BCUT2D eigenvalue weighted by Crippen LogP contribution is -3.34. The molecule has 0 saturated heterocycles. The van der Waals surface area contributed by atoms with Crippen molar-refractivity contribution in [3.8, 4) is 0 Å². The van der Waals surface area contributed by atoms with Crippen LogP contribution >= 0.6 is 0 Å². The molecule has 0 nitrogen and oxygen atoms in total. The summed E-state index contributed by atoms with van der Waals surface area (Å²) in [4.78, 5) is 0. The molecule has 0 heterocycles. The van der Waals surface area contributed by atoms with Gasteiger partial charge >= 0.3 is 0 Å². The Morgan fingerprint density at radius 2 is 0.833 bits per heavy atom. The van der Waals surface area contributed by atoms with Crippen molar-refractivity contribution in [2.24, 2.45) is 148 Å². The Balaban J connectivity index is 1.06. The second-order valence-electron chi connectivity index (χ2n) is 21.6. The molecule has 20 aliphatic rings. The first-order valence-corrected chi connectivity index (χ1v) is 17.7. The van der Waals surface area contributed by atoms with E-state index in [1.807, 2.05) is 38.5 Å². The molecule has 12 spiro atoms. The summed E-state index contributed by atoms with van der Waals surface area (Å²) < 4.78 is 0. The minimum absolute atomic E-state index is 0.972. The molecule has 20 rings (SSSR count). The van der Waals surface area contributed by atoms with E-state index in [9.17, 15) is 0 Å². The molecule has 0 aromatic heterocycles. The van der Waals surface area contributed by atoms with Gasteiger partial charge in [-0.25, -0.2) is 0 Å². The van der Waals surface area contributed by atoms with Crippen LogP contribution in [-0.2, 0) is 0 Å².